The topological polar surface area (TPSA) is 87.5 Å². The molecule has 0 aromatic carbocycles. The average Bonchev–Trinajstić information content (AvgIpc) is 3.24. The van der Waals surface area contributed by atoms with Gasteiger partial charge in [0.05, 0.1) is 37.3 Å². The van der Waals surface area contributed by atoms with Crippen LogP contribution in [-0.2, 0) is 34.5 Å². The Bertz CT molecular complexity index is 790. The minimum Gasteiger partial charge on any atom is -0.349 e. The fourth-order valence-corrected chi connectivity index (χ4v) is 5.34. The van der Waals surface area contributed by atoms with E-state index in [-0.39, 0.29) is 5.91 Å². The second kappa shape index (κ2) is 6.94. The van der Waals surface area contributed by atoms with E-state index in [1.165, 1.54) is 29.8 Å². The Kier molecular flexibility index (Phi) is 4.79. The molecule has 4 rings (SSSR count). The Hall–Kier alpha value is -1.45. The molecule has 0 spiro atoms. The van der Waals surface area contributed by atoms with Crippen molar-refractivity contribution in [3.8, 4) is 0 Å². The fraction of sp³-hybridized carbons (Fsp3) is 0.765. The highest BCUT2D eigenvalue weighted by Crippen LogP contribution is 2.36. The fourth-order valence-electron chi connectivity index (χ4n) is 4.51. The van der Waals surface area contributed by atoms with Gasteiger partial charge >= 0.3 is 0 Å². The number of carbonyl (C=O) groups excluding carboxylic acids is 1. The van der Waals surface area contributed by atoms with Crippen LogP contribution >= 0.6 is 0 Å². The van der Waals surface area contributed by atoms with Crippen LogP contribution in [0.5, 0.6) is 0 Å². The molecule has 3 aliphatic rings. The first kappa shape index (κ1) is 17.9. The number of likely N-dealkylation sites (tertiary alicyclic amines) is 1. The third-order valence-electron chi connectivity index (χ3n) is 5.83. The van der Waals surface area contributed by atoms with E-state index in [9.17, 15) is 13.2 Å². The molecule has 8 nitrogen and oxygen atoms in total. The number of piperidine rings is 1. The number of amides is 1. The van der Waals surface area contributed by atoms with Gasteiger partial charge in [0.1, 0.15) is 0 Å². The standard InChI is InChI=1S/C17H27N5O3S/c1-26(24,25)21-5-2-6-22-16(11-21)8-14(19-22)9-18-17(23)12-20-10-13-3-4-15(20)7-13/h8,13,15H,2-7,9-12H2,1H3,(H,18,23)/t13-,15+/m0/s1. The second-order valence-corrected chi connectivity index (χ2v) is 9.82. The van der Waals surface area contributed by atoms with E-state index in [0.717, 1.165) is 30.3 Å². The number of sulfonamides is 1. The van der Waals surface area contributed by atoms with Gasteiger partial charge in [-0.05, 0) is 37.7 Å². The first-order chi connectivity index (χ1) is 12.4. The number of rotatable bonds is 5. The van der Waals surface area contributed by atoms with Crippen molar-refractivity contribution in [2.24, 2.45) is 5.92 Å². The first-order valence-corrected chi connectivity index (χ1v) is 11.2. The lowest BCUT2D eigenvalue weighted by Crippen LogP contribution is -2.41. The van der Waals surface area contributed by atoms with Crippen molar-refractivity contribution in [1.82, 2.24) is 24.3 Å². The van der Waals surface area contributed by atoms with Gasteiger partial charge in [-0.3, -0.25) is 14.4 Å². The molecule has 1 N–H and O–H groups in total. The lowest BCUT2D eigenvalue weighted by Gasteiger charge is -2.25. The van der Waals surface area contributed by atoms with E-state index < -0.39 is 10.0 Å². The predicted molar refractivity (Wildman–Crippen MR) is 96.6 cm³/mol. The number of hydrogen-bond donors (Lipinski definition) is 1. The van der Waals surface area contributed by atoms with Crippen molar-refractivity contribution in [3.05, 3.63) is 17.5 Å². The molecule has 2 fully saturated rings. The number of nitrogens with one attached hydrogen (secondary N) is 1. The molecule has 1 amide bonds. The average molecular weight is 382 g/mol. The zero-order chi connectivity index (χ0) is 18.3. The zero-order valence-electron chi connectivity index (χ0n) is 15.2. The first-order valence-electron chi connectivity index (χ1n) is 9.40. The summed E-state index contributed by atoms with van der Waals surface area (Å²) in [5, 5.41) is 7.50. The molecular weight excluding hydrogens is 354 g/mol. The van der Waals surface area contributed by atoms with Crippen LogP contribution in [-0.4, -0.2) is 65.2 Å². The number of nitrogens with zero attached hydrogens (tertiary/aromatic N) is 4. The van der Waals surface area contributed by atoms with Gasteiger partial charge in [0.25, 0.3) is 0 Å². The molecule has 9 heteroatoms. The van der Waals surface area contributed by atoms with Crippen molar-refractivity contribution in [3.63, 3.8) is 0 Å². The van der Waals surface area contributed by atoms with Gasteiger partial charge < -0.3 is 5.32 Å². The van der Waals surface area contributed by atoms with Crippen molar-refractivity contribution in [2.45, 2.75) is 51.4 Å². The minimum atomic E-state index is -3.21. The van der Waals surface area contributed by atoms with E-state index in [1.54, 1.807) is 0 Å². The Morgan fingerprint density at radius 3 is 2.88 bits per heavy atom. The SMILES string of the molecule is CS(=O)(=O)N1CCCn2nc(CNC(=O)CN3C[C@H]4CC[C@@H]3C4)cc2C1. The maximum Gasteiger partial charge on any atom is 0.234 e. The Morgan fingerprint density at radius 1 is 1.35 bits per heavy atom. The van der Waals surface area contributed by atoms with Crippen molar-refractivity contribution in [1.29, 1.82) is 0 Å². The van der Waals surface area contributed by atoms with Gasteiger partial charge in [-0.2, -0.15) is 9.40 Å². The van der Waals surface area contributed by atoms with Gasteiger partial charge in [0.15, 0.2) is 0 Å². The summed E-state index contributed by atoms with van der Waals surface area (Å²) in [5.41, 5.74) is 1.67. The normalized spacial score (nSPS) is 26.7. The van der Waals surface area contributed by atoms with Crippen molar-refractivity contribution >= 4 is 15.9 Å². The van der Waals surface area contributed by atoms with Crippen LogP contribution in [0.3, 0.4) is 0 Å². The predicted octanol–water partition coefficient (Wildman–Crippen LogP) is 0.149. The summed E-state index contributed by atoms with van der Waals surface area (Å²) >= 11 is 0. The molecule has 0 radical (unpaired) electrons. The molecule has 1 aliphatic carbocycles. The number of fused-ring (bicyclic) bond motifs is 3. The molecule has 144 valence electrons. The summed E-state index contributed by atoms with van der Waals surface area (Å²) in [6.07, 6.45) is 5.77. The minimum absolute atomic E-state index is 0.0403. The monoisotopic (exact) mass is 381 g/mol. The van der Waals surface area contributed by atoms with Crippen LogP contribution in [0.15, 0.2) is 6.07 Å². The smallest absolute Gasteiger partial charge is 0.234 e. The van der Waals surface area contributed by atoms with Crippen LogP contribution in [0.2, 0.25) is 0 Å². The van der Waals surface area contributed by atoms with Crippen LogP contribution < -0.4 is 5.32 Å². The molecular formula is C17H27N5O3S. The van der Waals surface area contributed by atoms with Gasteiger partial charge in [-0.25, -0.2) is 8.42 Å². The molecule has 1 saturated heterocycles. The molecule has 0 unspecified atom stereocenters. The molecule has 2 aliphatic heterocycles. The quantitative estimate of drug-likeness (QED) is 0.784. The molecule has 3 heterocycles. The second-order valence-electron chi connectivity index (χ2n) is 7.84. The summed E-state index contributed by atoms with van der Waals surface area (Å²) in [4.78, 5) is 14.6. The molecule has 1 aromatic rings. The number of hydrogen-bond acceptors (Lipinski definition) is 5. The highest BCUT2D eigenvalue weighted by molar-refractivity contribution is 7.88. The Labute approximate surface area is 154 Å². The summed E-state index contributed by atoms with van der Waals surface area (Å²) in [5.74, 6) is 0.827. The van der Waals surface area contributed by atoms with E-state index >= 15 is 0 Å². The van der Waals surface area contributed by atoms with Crippen LogP contribution in [0.25, 0.3) is 0 Å². The summed E-state index contributed by atoms with van der Waals surface area (Å²) < 4.78 is 27.0. The molecule has 1 saturated carbocycles. The zero-order valence-corrected chi connectivity index (χ0v) is 16.0. The van der Waals surface area contributed by atoms with Crippen LogP contribution in [0, 0.1) is 5.92 Å². The third-order valence-corrected chi connectivity index (χ3v) is 7.08. The molecule has 26 heavy (non-hydrogen) atoms. The lowest BCUT2D eigenvalue weighted by atomic mass is 10.1. The maximum absolute atomic E-state index is 12.3. The lowest BCUT2D eigenvalue weighted by molar-refractivity contribution is -0.122. The summed E-state index contributed by atoms with van der Waals surface area (Å²) in [6, 6.07) is 2.50. The number of aromatic nitrogens is 2. The van der Waals surface area contributed by atoms with E-state index in [4.69, 9.17) is 0 Å². The molecule has 2 bridgehead atoms. The summed E-state index contributed by atoms with van der Waals surface area (Å²) in [7, 11) is -3.21. The third kappa shape index (κ3) is 3.79. The van der Waals surface area contributed by atoms with E-state index in [1.807, 2.05) is 10.7 Å². The van der Waals surface area contributed by atoms with Crippen molar-refractivity contribution in [2.75, 3.05) is 25.9 Å². The van der Waals surface area contributed by atoms with Gasteiger partial charge in [-0.15, -0.1) is 0 Å². The van der Waals surface area contributed by atoms with Gasteiger partial charge in [0.2, 0.25) is 15.9 Å². The Balaban J connectivity index is 1.33. The van der Waals surface area contributed by atoms with E-state index in [2.05, 4.69) is 15.3 Å². The van der Waals surface area contributed by atoms with Gasteiger partial charge in [0, 0.05) is 25.7 Å². The number of carbonyl (C=O) groups is 1. The molecule has 1 aromatic heterocycles. The highest BCUT2D eigenvalue weighted by Gasteiger charge is 2.38. The Morgan fingerprint density at radius 2 is 2.19 bits per heavy atom. The van der Waals surface area contributed by atoms with Crippen molar-refractivity contribution < 1.29 is 13.2 Å². The van der Waals surface area contributed by atoms with Crippen LogP contribution in [0.1, 0.15) is 37.1 Å². The number of aryl methyl sites for hydroxylation is 1. The maximum atomic E-state index is 12.3. The molecule has 2 atom stereocenters. The largest absolute Gasteiger partial charge is 0.349 e. The summed E-state index contributed by atoms with van der Waals surface area (Å²) in [6.45, 7) is 3.48. The van der Waals surface area contributed by atoms with Crippen LogP contribution in [0.4, 0.5) is 0 Å². The van der Waals surface area contributed by atoms with E-state index in [0.29, 0.717) is 38.8 Å². The van der Waals surface area contributed by atoms with Gasteiger partial charge in [-0.1, -0.05) is 0 Å². The highest BCUT2D eigenvalue weighted by atomic mass is 32.2.